The highest BCUT2D eigenvalue weighted by Gasteiger charge is 2.16. The molecule has 7 nitrogen and oxygen atoms in total. The topological polar surface area (TPSA) is 100 Å². The zero-order valence-corrected chi connectivity index (χ0v) is 21.8. The number of ether oxygens (including phenoxy) is 2. The van der Waals surface area contributed by atoms with Gasteiger partial charge >= 0.3 is 0 Å². The average molecular weight is 548 g/mol. The van der Waals surface area contributed by atoms with Crippen LogP contribution in [0.15, 0.2) is 70.7 Å². The van der Waals surface area contributed by atoms with Gasteiger partial charge in [-0.2, -0.15) is 5.26 Å². The first-order valence-corrected chi connectivity index (χ1v) is 12.0. The van der Waals surface area contributed by atoms with Crippen LogP contribution in [-0.2, 0) is 9.59 Å². The molecule has 0 heterocycles. The van der Waals surface area contributed by atoms with Crippen molar-refractivity contribution in [2.75, 3.05) is 23.8 Å². The zero-order chi connectivity index (χ0) is 26.1. The van der Waals surface area contributed by atoms with Crippen molar-refractivity contribution in [1.29, 1.82) is 5.26 Å². The van der Waals surface area contributed by atoms with Crippen molar-refractivity contribution >= 4 is 45.2 Å². The maximum Gasteiger partial charge on any atom is 0.266 e. The number of halogens is 1. The number of amides is 2. The molecular weight excluding hydrogens is 522 g/mol. The Bertz CT molecular complexity index is 1340. The van der Waals surface area contributed by atoms with Gasteiger partial charge in [-0.3, -0.25) is 9.59 Å². The second-order valence-corrected chi connectivity index (χ2v) is 8.82. The Kier molecular flexibility index (Phi) is 9.25. The van der Waals surface area contributed by atoms with E-state index < -0.39 is 5.91 Å². The molecule has 0 radical (unpaired) electrons. The normalized spacial score (nSPS) is 10.8. The molecule has 0 spiro atoms. The molecule has 36 heavy (non-hydrogen) atoms. The van der Waals surface area contributed by atoms with E-state index in [1.54, 1.807) is 24.3 Å². The minimum absolute atomic E-state index is 0.0722. The van der Waals surface area contributed by atoms with E-state index in [4.69, 9.17) is 9.47 Å². The molecule has 0 bridgehead atoms. The summed E-state index contributed by atoms with van der Waals surface area (Å²) in [6.45, 7) is 5.80. The standard InChI is InChI=1S/C28H26BrN3O4/c1-4-35-25-15-20(13-21(16-30)28(34)32-23-10-6-8-19(3)12-23)14-24(29)27(25)36-17-26(33)31-22-9-5-7-18(2)11-22/h5-15H,4,17H2,1-3H3,(H,31,33)(H,32,34)/b21-13+. The van der Waals surface area contributed by atoms with Crippen molar-refractivity contribution < 1.29 is 19.1 Å². The SMILES string of the molecule is CCOc1cc(/C=C(\C#N)C(=O)Nc2cccc(C)c2)cc(Br)c1OCC(=O)Nc1cccc(C)c1. The maximum atomic E-state index is 12.7. The quantitative estimate of drug-likeness (QED) is 0.251. The molecule has 0 aliphatic heterocycles. The fraction of sp³-hybridized carbons (Fsp3) is 0.179. The average Bonchev–Trinajstić information content (AvgIpc) is 2.82. The third-order valence-electron chi connectivity index (χ3n) is 4.93. The van der Waals surface area contributed by atoms with Gasteiger partial charge in [0.15, 0.2) is 18.1 Å². The number of carbonyl (C=O) groups is 2. The van der Waals surface area contributed by atoms with Crippen LogP contribution in [0.3, 0.4) is 0 Å². The smallest absolute Gasteiger partial charge is 0.266 e. The number of rotatable bonds is 9. The van der Waals surface area contributed by atoms with Crippen LogP contribution in [-0.4, -0.2) is 25.0 Å². The van der Waals surface area contributed by atoms with Crippen LogP contribution < -0.4 is 20.1 Å². The van der Waals surface area contributed by atoms with Crippen molar-refractivity contribution in [1.82, 2.24) is 0 Å². The first kappa shape index (κ1) is 26.5. The molecule has 0 saturated carbocycles. The Morgan fingerprint density at radius 2 is 1.61 bits per heavy atom. The van der Waals surface area contributed by atoms with Gasteiger partial charge in [0.05, 0.1) is 11.1 Å². The second-order valence-electron chi connectivity index (χ2n) is 7.96. The van der Waals surface area contributed by atoms with Crippen molar-refractivity contribution in [3.63, 3.8) is 0 Å². The van der Waals surface area contributed by atoms with E-state index in [9.17, 15) is 14.9 Å². The number of hydrogen-bond donors (Lipinski definition) is 2. The summed E-state index contributed by atoms with van der Waals surface area (Å²) in [5.74, 6) is -0.127. The molecular formula is C28H26BrN3O4. The van der Waals surface area contributed by atoms with Crippen LogP contribution >= 0.6 is 15.9 Å². The van der Waals surface area contributed by atoms with Gasteiger partial charge < -0.3 is 20.1 Å². The number of nitriles is 1. The summed E-state index contributed by atoms with van der Waals surface area (Å²) in [6, 6.07) is 20.1. The summed E-state index contributed by atoms with van der Waals surface area (Å²) in [7, 11) is 0. The Labute approximate surface area is 218 Å². The van der Waals surface area contributed by atoms with E-state index in [0.717, 1.165) is 11.1 Å². The fourth-order valence-corrected chi connectivity index (χ4v) is 3.94. The molecule has 2 N–H and O–H groups in total. The molecule has 0 saturated heterocycles. The predicted molar refractivity (Wildman–Crippen MR) is 144 cm³/mol. The first-order chi connectivity index (χ1) is 17.3. The van der Waals surface area contributed by atoms with E-state index in [0.29, 0.717) is 39.5 Å². The van der Waals surface area contributed by atoms with Crippen LogP contribution in [0.5, 0.6) is 11.5 Å². The van der Waals surface area contributed by atoms with Crippen molar-refractivity contribution in [3.05, 3.63) is 87.4 Å². The lowest BCUT2D eigenvalue weighted by molar-refractivity contribution is -0.118. The van der Waals surface area contributed by atoms with Gasteiger partial charge in [0.2, 0.25) is 0 Å². The number of anilines is 2. The van der Waals surface area contributed by atoms with E-state index >= 15 is 0 Å². The second kappa shape index (κ2) is 12.6. The van der Waals surface area contributed by atoms with Crippen LogP contribution in [0.2, 0.25) is 0 Å². The zero-order valence-electron chi connectivity index (χ0n) is 20.2. The molecule has 0 fully saturated rings. The van der Waals surface area contributed by atoms with Gasteiger partial charge in [-0.1, -0.05) is 24.3 Å². The van der Waals surface area contributed by atoms with Crippen molar-refractivity contribution in [2.24, 2.45) is 0 Å². The molecule has 8 heteroatoms. The minimum Gasteiger partial charge on any atom is -0.490 e. The van der Waals surface area contributed by atoms with Crippen molar-refractivity contribution in [2.45, 2.75) is 20.8 Å². The molecule has 184 valence electrons. The first-order valence-electron chi connectivity index (χ1n) is 11.2. The summed E-state index contributed by atoms with van der Waals surface area (Å²) in [6.07, 6.45) is 1.46. The lowest BCUT2D eigenvalue weighted by atomic mass is 10.1. The molecule has 0 aromatic heterocycles. The third-order valence-corrected chi connectivity index (χ3v) is 5.52. The Morgan fingerprint density at radius 1 is 0.972 bits per heavy atom. The van der Waals surface area contributed by atoms with Gasteiger partial charge in [-0.05, 0) is 95.9 Å². The lowest BCUT2D eigenvalue weighted by Gasteiger charge is -2.15. The molecule has 0 aliphatic rings. The van der Waals surface area contributed by atoms with Gasteiger partial charge in [0.25, 0.3) is 11.8 Å². The van der Waals surface area contributed by atoms with E-state index in [2.05, 4.69) is 26.6 Å². The number of hydrogen-bond acceptors (Lipinski definition) is 5. The summed E-state index contributed by atoms with van der Waals surface area (Å²) in [5.41, 5.74) is 3.79. The Hall–Kier alpha value is -4.09. The van der Waals surface area contributed by atoms with Crippen molar-refractivity contribution in [3.8, 4) is 17.6 Å². The van der Waals surface area contributed by atoms with E-state index in [1.807, 2.05) is 63.2 Å². The summed E-state index contributed by atoms with van der Waals surface area (Å²) in [4.78, 5) is 25.0. The van der Waals surface area contributed by atoms with Crippen LogP contribution in [0.4, 0.5) is 11.4 Å². The molecule has 0 unspecified atom stereocenters. The minimum atomic E-state index is -0.523. The highest BCUT2D eigenvalue weighted by atomic mass is 79.9. The van der Waals surface area contributed by atoms with E-state index in [1.165, 1.54) is 6.08 Å². The molecule has 3 rings (SSSR count). The number of nitrogens with zero attached hydrogens (tertiary/aromatic N) is 1. The van der Waals surface area contributed by atoms with Crippen LogP contribution in [0.1, 0.15) is 23.6 Å². The lowest BCUT2D eigenvalue weighted by Crippen LogP contribution is -2.20. The summed E-state index contributed by atoms with van der Waals surface area (Å²) in [5, 5.41) is 15.1. The third kappa shape index (κ3) is 7.45. The number of aryl methyl sites for hydroxylation is 2. The highest BCUT2D eigenvalue weighted by molar-refractivity contribution is 9.10. The number of nitrogens with one attached hydrogen (secondary N) is 2. The largest absolute Gasteiger partial charge is 0.490 e. The van der Waals surface area contributed by atoms with Gasteiger partial charge in [-0.25, -0.2) is 0 Å². The fourth-order valence-electron chi connectivity index (χ4n) is 3.37. The van der Waals surface area contributed by atoms with Gasteiger partial charge in [0, 0.05) is 11.4 Å². The molecule has 3 aromatic carbocycles. The monoisotopic (exact) mass is 547 g/mol. The number of benzene rings is 3. The van der Waals surface area contributed by atoms with Gasteiger partial charge in [-0.15, -0.1) is 0 Å². The maximum absolute atomic E-state index is 12.7. The van der Waals surface area contributed by atoms with Gasteiger partial charge in [0.1, 0.15) is 11.6 Å². The molecule has 0 atom stereocenters. The Morgan fingerprint density at radius 3 is 2.19 bits per heavy atom. The van der Waals surface area contributed by atoms with Crippen LogP contribution in [0, 0.1) is 25.2 Å². The number of carbonyl (C=O) groups excluding carboxylic acids is 2. The predicted octanol–water partition coefficient (Wildman–Crippen LogP) is 6.03. The molecule has 0 aliphatic carbocycles. The molecule has 3 aromatic rings. The van der Waals surface area contributed by atoms with E-state index in [-0.39, 0.29) is 18.1 Å². The summed E-state index contributed by atoms with van der Waals surface area (Å²) >= 11 is 3.46. The van der Waals surface area contributed by atoms with Crippen LogP contribution in [0.25, 0.3) is 6.08 Å². The Balaban J connectivity index is 1.77. The highest BCUT2D eigenvalue weighted by Crippen LogP contribution is 2.37. The molecule has 2 amide bonds. The summed E-state index contributed by atoms with van der Waals surface area (Å²) < 4.78 is 12.0.